The molecule has 0 aliphatic heterocycles. The van der Waals surface area contributed by atoms with Gasteiger partial charge in [-0.25, -0.2) is 4.57 Å². The van der Waals surface area contributed by atoms with E-state index in [2.05, 4.69) is 4.52 Å². The highest BCUT2D eigenvalue weighted by atomic mass is 31.1. The van der Waals surface area contributed by atoms with Crippen LogP contribution in [0.2, 0.25) is 0 Å². The van der Waals surface area contributed by atoms with Crippen molar-refractivity contribution < 1.29 is 14.2 Å². The summed E-state index contributed by atoms with van der Waals surface area (Å²) in [6.07, 6.45) is 0. The minimum absolute atomic E-state index is 0. The predicted octanol–water partition coefficient (Wildman–Crippen LogP) is 0.580. The predicted molar refractivity (Wildman–Crippen MR) is 50.5 cm³/mol. The molecule has 0 spiro atoms. The van der Waals surface area contributed by atoms with Gasteiger partial charge in [-0.1, -0.05) is 18.2 Å². The fourth-order valence-corrected chi connectivity index (χ4v) is 1.02. The van der Waals surface area contributed by atoms with Crippen molar-refractivity contribution in [3.05, 3.63) is 29.8 Å². The summed E-state index contributed by atoms with van der Waals surface area (Å²) in [6.45, 7) is -0.105. The Morgan fingerprint density at radius 1 is 1.42 bits per heavy atom. The summed E-state index contributed by atoms with van der Waals surface area (Å²) in [5.41, 5.74) is 0.635. The third-order valence-corrected chi connectivity index (χ3v) is 1.55. The van der Waals surface area contributed by atoms with E-state index in [0.717, 1.165) is 0 Å². The van der Waals surface area contributed by atoms with Gasteiger partial charge in [0, 0.05) is 5.56 Å². The zero-order chi connectivity index (χ0) is 8.10. The molecular formula is C7H10AlO3P. The van der Waals surface area contributed by atoms with Crippen LogP contribution < -0.4 is 4.52 Å². The minimum atomic E-state index is -0.402. The van der Waals surface area contributed by atoms with Crippen LogP contribution in [0, 0.1) is 0 Å². The summed E-state index contributed by atoms with van der Waals surface area (Å²) in [5, 5.41) is 8.76. The number of benzene rings is 1. The maximum atomic E-state index is 10.0. The highest BCUT2D eigenvalue weighted by Gasteiger charge is 1.99. The van der Waals surface area contributed by atoms with Crippen LogP contribution in [0.5, 0.6) is 5.75 Å². The third-order valence-electron chi connectivity index (χ3n) is 1.28. The Morgan fingerprint density at radius 2 is 2.08 bits per heavy atom. The Morgan fingerprint density at radius 3 is 2.67 bits per heavy atom. The second-order valence-electron chi connectivity index (χ2n) is 1.93. The zero-order valence-corrected chi connectivity index (χ0v) is 6.62. The molecule has 1 N–H and O–H groups in total. The van der Waals surface area contributed by atoms with Gasteiger partial charge in [-0.15, -0.1) is 0 Å². The van der Waals surface area contributed by atoms with Gasteiger partial charge in [0.25, 0.3) is 0 Å². The van der Waals surface area contributed by atoms with E-state index in [-0.39, 0.29) is 24.0 Å². The molecule has 0 saturated carbocycles. The van der Waals surface area contributed by atoms with Crippen LogP contribution in [0.4, 0.5) is 0 Å². The van der Waals surface area contributed by atoms with E-state index in [1.165, 1.54) is 0 Å². The summed E-state index contributed by atoms with van der Waals surface area (Å²) in [7, 11) is -0.402. The third kappa shape index (κ3) is 2.93. The normalized spacial score (nSPS) is 9.08. The average Bonchev–Trinajstić information content (AvgIpc) is 2.06. The molecule has 12 heavy (non-hydrogen) atoms. The largest absolute Gasteiger partial charge is 0.407 e. The topological polar surface area (TPSA) is 46.5 Å². The average molecular weight is 200 g/mol. The van der Waals surface area contributed by atoms with Crippen molar-refractivity contribution in [2.24, 2.45) is 0 Å². The van der Waals surface area contributed by atoms with Crippen LogP contribution in [-0.4, -0.2) is 22.5 Å². The van der Waals surface area contributed by atoms with Crippen molar-refractivity contribution in [1.82, 2.24) is 0 Å². The van der Waals surface area contributed by atoms with E-state index < -0.39 is 8.69 Å². The first kappa shape index (κ1) is 11.6. The Hall–Kier alpha value is -0.388. The van der Waals surface area contributed by atoms with Gasteiger partial charge in [-0.05, 0) is 6.07 Å². The highest BCUT2D eigenvalue weighted by Crippen LogP contribution is 2.20. The summed E-state index contributed by atoms with van der Waals surface area (Å²) < 4.78 is 14.7. The van der Waals surface area contributed by atoms with Crippen molar-refractivity contribution in [3.63, 3.8) is 0 Å². The standard InChI is InChI=1S/C7H7O3P.Al.3H/c8-5-6-3-1-2-4-7(6)10-11-9;;;;/h1-4,8H,5H2;;;;. The number of para-hydroxylation sites is 1. The van der Waals surface area contributed by atoms with Crippen LogP contribution in [0.25, 0.3) is 0 Å². The fraction of sp³-hybridized carbons (Fsp3) is 0.143. The number of hydrogen-bond acceptors (Lipinski definition) is 3. The van der Waals surface area contributed by atoms with Crippen molar-refractivity contribution in [2.75, 3.05) is 0 Å². The maximum Gasteiger partial charge on any atom is 0.395 e. The van der Waals surface area contributed by atoms with E-state index in [0.29, 0.717) is 11.3 Å². The monoisotopic (exact) mass is 200 g/mol. The lowest BCUT2D eigenvalue weighted by Gasteiger charge is -2.01. The molecule has 1 aromatic rings. The molecule has 0 radical (unpaired) electrons. The molecule has 0 aromatic heterocycles. The van der Waals surface area contributed by atoms with Crippen molar-refractivity contribution in [1.29, 1.82) is 0 Å². The van der Waals surface area contributed by atoms with E-state index in [9.17, 15) is 4.57 Å². The van der Waals surface area contributed by atoms with Crippen LogP contribution >= 0.6 is 8.69 Å². The summed E-state index contributed by atoms with van der Waals surface area (Å²) in [4.78, 5) is 0. The number of rotatable bonds is 3. The SMILES string of the molecule is O=POc1ccccc1CO.[AlH3]. The number of hydrogen-bond donors (Lipinski definition) is 1. The Bertz CT molecular complexity index is 254. The van der Waals surface area contributed by atoms with Gasteiger partial charge >= 0.3 is 8.69 Å². The molecule has 0 unspecified atom stereocenters. The van der Waals surface area contributed by atoms with Crippen molar-refractivity contribution in [3.8, 4) is 5.75 Å². The number of aliphatic hydroxyl groups excluding tert-OH is 1. The van der Waals surface area contributed by atoms with Gasteiger partial charge < -0.3 is 9.63 Å². The van der Waals surface area contributed by atoms with E-state index in [1.54, 1.807) is 24.3 Å². The molecular weight excluding hydrogens is 190 g/mol. The molecule has 0 fully saturated rings. The molecule has 5 heteroatoms. The van der Waals surface area contributed by atoms with Gasteiger partial charge in [-0.2, -0.15) is 0 Å². The van der Waals surface area contributed by atoms with Gasteiger partial charge in [0.2, 0.25) is 0 Å². The molecule has 3 nitrogen and oxygen atoms in total. The lowest BCUT2D eigenvalue weighted by molar-refractivity contribution is 0.278. The number of aliphatic hydroxyl groups is 1. The van der Waals surface area contributed by atoms with E-state index in [4.69, 9.17) is 5.11 Å². The van der Waals surface area contributed by atoms with Gasteiger partial charge in [0.15, 0.2) is 17.4 Å². The van der Waals surface area contributed by atoms with Crippen LogP contribution in [0.3, 0.4) is 0 Å². The maximum absolute atomic E-state index is 10.0. The van der Waals surface area contributed by atoms with Gasteiger partial charge in [0.1, 0.15) is 5.75 Å². The molecule has 0 atom stereocenters. The summed E-state index contributed by atoms with van der Waals surface area (Å²) >= 11 is 0. The second-order valence-corrected chi connectivity index (χ2v) is 2.26. The zero-order valence-electron chi connectivity index (χ0n) is 5.73. The lowest BCUT2D eigenvalue weighted by atomic mass is 10.2. The van der Waals surface area contributed by atoms with Gasteiger partial charge in [-0.3, -0.25) is 0 Å². The molecule has 0 bridgehead atoms. The first-order valence-corrected chi connectivity index (χ1v) is 3.80. The molecule has 64 valence electrons. The Kier molecular flexibility index (Phi) is 5.97. The second kappa shape index (κ2) is 6.16. The fourth-order valence-electron chi connectivity index (χ4n) is 0.764. The quantitative estimate of drug-likeness (QED) is 0.573. The molecule has 0 amide bonds. The van der Waals surface area contributed by atoms with E-state index in [1.807, 2.05) is 0 Å². The van der Waals surface area contributed by atoms with Crippen molar-refractivity contribution >= 4 is 26.0 Å². The van der Waals surface area contributed by atoms with Crippen LogP contribution in [-0.2, 0) is 11.2 Å². The smallest absolute Gasteiger partial charge is 0.395 e. The Balaban J connectivity index is 0.00000121. The molecule has 0 aliphatic rings. The van der Waals surface area contributed by atoms with Crippen LogP contribution in [0.15, 0.2) is 24.3 Å². The highest BCUT2D eigenvalue weighted by molar-refractivity contribution is 7.17. The molecule has 0 aliphatic carbocycles. The summed E-state index contributed by atoms with van der Waals surface area (Å²) in [6, 6.07) is 6.89. The molecule has 1 aromatic carbocycles. The van der Waals surface area contributed by atoms with Crippen LogP contribution in [0.1, 0.15) is 5.56 Å². The van der Waals surface area contributed by atoms with Gasteiger partial charge in [0.05, 0.1) is 6.61 Å². The van der Waals surface area contributed by atoms with E-state index >= 15 is 0 Å². The minimum Gasteiger partial charge on any atom is -0.407 e. The molecule has 0 heterocycles. The first-order chi connectivity index (χ1) is 5.38. The summed E-state index contributed by atoms with van der Waals surface area (Å²) in [5.74, 6) is 0.451. The Labute approximate surface area is 82.8 Å². The molecule has 1 rings (SSSR count). The first-order valence-electron chi connectivity index (χ1n) is 3.07. The van der Waals surface area contributed by atoms with Crippen molar-refractivity contribution in [2.45, 2.75) is 6.61 Å². The molecule has 0 saturated heterocycles. The lowest BCUT2D eigenvalue weighted by Crippen LogP contribution is -1.86.